The van der Waals surface area contributed by atoms with E-state index in [1.807, 2.05) is 42.5 Å². The lowest BCUT2D eigenvalue weighted by molar-refractivity contribution is -0.158. The Balaban J connectivity index is 1.34. The van der Waals surface area contributed by atoms with Gasteiger partial charge in [0.1, 0.15) is 0 Å². The molecule has 0 radical (unpaired) electrons. The second-order valence-corrected chi connectivity index (χ2v) is 11.5. The second kappa shape index (κ2) is 10.3. The van der Waals surface area contributed by atoms with E-state index in [1.54, 1.807) is 21.9 Å². The molecule has 0 unspecified atom stereocenters. The first kappa shape index (κ1) is 24.4. The van der Waals surface area contributed by atoms with Crippen molar-refractivity contribution >= 4 is 21.8 Å². The molecule has 0 bridgehead atoms. The van der Waals surface area contributed by atoms with E-state index in [0.29, 0.717) is 56.4 Å². The fourth-order valence-electron chi connectivity index (χ4n) is 4.80. The third kappa shape index (κ3) is 5.33. The molecule has 8 heteroatoms. The molecule has 0 N–H and O–H groups in total. The van der Waals surface area contributed by atoms with Crippen LogP contribution in [0.1, 0.15) is 37.8 Å². The summed E-state index contributed by atoms with van der Waals surface area (Å²) >= 11 is 0. The van der Waals surface area contributed by atoms with Crippen LogP contribution >= 0.6 is 0 Å². The molecule has 182 valence electrons. The number of hydrogen-bond acceptors (Lipinski definition) is 4. The van der Waals surface area contributed by atoms with Gasteiger partial charge in [0.25, 0.3) is 0 Å². The molecule has 2 heterocycles. The van der Waals surface area contributed by atoms with E-state index in [0.717, 1.165) is 17.5 Å². The van der Waals surface area contributed by atoms with Gasteiger partial charge in [0.2, 0.25) is 10.0 Å². The molecule has 0 saturated carbocycles. The molecule has 0 aliphatic carbocycles. The van der Waals surface area contributed by atoms with Crippen LogP contribution in [0.15, 0.2) is 59.5 Å². The molecule has 0 atom stereocenters. The summed E-state index contributed by atoms with van der Waals surface area (Å²) in [6.07, 6.45) is 1.97. The van der Waals surface area contributed by atoms with Crippen molar-refractivity contribution in [2.75, 3.05) is 26.2 Å². The predicted molar refractivity (Wildman–Crippen MR) is 130 cm³/mol. The Labute approximate surface area is 202 Å². The number of carbonyl (C=O) groups excluding carboxylic acids is 2. The van der Waals surface area contributed by atoms with Crippen molar-refractivity contribution in [1.82, 2.24) is 14.1 Å². The van der Waals surface area contributed by atoms with Gasteiger partial charge in [-0.25, -0.2) is 8.42 Å². The number of rotatable bonds is 7. The van der Waals surface area contributed by atoms with Crippen LogP contribution in [0, 0.1) is 5.92 Å². The van der Waals surface area contributed by atoms with Crippen molar-refractivity contribution in [2.24, 2.45) is 5.92 Å². The maximum absolute atomic E-state index is 13.1. The number of carbonyl (C=O) groups is 2. The Hall–Kier alpha value is -2.71. The van der Waals surface area contributed by atoms with Crippen LogP contribution in [-0.4, -0.2) is 66.6 Å². The van der Waals surface area contributed by atoms with Gasteiger partial charge in [-0.2, -0.15) is 4.31 Å². The molecule has 34 heavy (non-hydrogen) atoms. The topological polar surface area (TPSA) is 78.0 Å². The van der Waals surface area contributed by atoms with Gasteiger partial charge >= 0.3 is 11.8 Å². The molecule has 0 aromatic heterocycles. The van der Waals surface area contributed by atoms with Crippen LogP contribution in [0.3, 0.4) is 0 Å². The van der Waals surface area contributed by atoms with E-state index in [4.69, 9.17) is 0 Å². The van der Waals surface area contributed by atoms with Crippen LogP contribution in [0.5, 0.6) is 0 Å². The highest BCUT2D eigenvalue weighted by Gasteiger charge is 2.39. The second-order valence-electron chi connectivity index (χ2n) is 9.59. The molecule has 2 aliphatic rings. The summed E-state index contributed by atoms with van der Waals surface area (Å²) in [6.45, 7) is 6.34. The van der Waals surface area contributed by atoms with Crippen LogP contribution in [0.4, 0.5) is 0 Å². The zero-order valence-corrected chi connectivity index (χ0v) is 20.7. The zero-order valence-electron chi connectivity index (χ0n) is 19.9. The number of piperidine rings is 1. The summed E-state index contributed by atoms with van der Waals surface area (Å²) in [7, 11) is -3.57. The number of sulfonamides is 1. The highest BCUT2D eigenvalue weighted by Crippen LogP contribution is 2.25. The van der Waals surface area contributed by atoms with Crippen LogP contribution in [0.2, 0.25) is 0 Å². The van der Waals surface area contributed by atoms with E-state index < -0.39 is 21.8 Å². The minimum Gasteiger partial charge on any atom is -0.330 e. The minimum atomic E-state index is -3.57. The van der Waals surface area contributed by atoms with Gasteiger partial charge < -0.3 is 9.80 Å². The highest BCUT2D eigenvalue weighted by molar-refractivity contribution is 7.89. The number of nitrogens with zero attached hydrogens (tertiary/aromatic N) is 3. The summed E-state index contributed by atoms with van der Waals surface area (Å²) in [5.74, 6) is -0.452. The fourth-order valence-corrected chi connectivity index (χ4v) is 6.27. The van der Waals surface area contributed by atoms with Gasteiger partial charge in [-0.05, 0) is 48.4 Å². The van der Waals surface area contributed by atoms with Gasteiger partial charge in [0.05, 0.1) is 4.90 Å². The van der Waals surface area contributed by atoms with E-state index in [1.165, 1.54) is 4.31 Å². The van der Waals surface area contributed by atoms with E-state index in [9.17, 15) is 18.0 Å². The Morgan fingerprint density at radius 2 is 1.47 bits per heavy atom. The van der Waals surface area contributed by atoms with Crippen molar-refractivity contribution in [3.8, 4) is 0 Å². The quantitative estimate of drug-likeness (QED) is 0.568. The normalized spacial score (nSPS) is 18.7. The first-order chi connectivity index (χ1) is 16.3. The lowest BCUT2D eigenvalue weighted by Gasteiger charge is -2.41. The van der Waals surface area contributed by atoms with E-state index >= 15 is 0 Å². The molecule has 2 fully saturated rings. The molecule has 4 rings (SSSR count). The largest absolute Gasteiger partial charge is 0.330 e. The van der Waals surface area contributed by atoms with Crippen LogP contribution < -0.4 is 0 Å². The first-order valence-electron chi connectivity index (χ1n) is 12.0. The number of amides is 2. The van der Waals surface area contributed by atoms with Gasteiger partial charge in [-0.3, -0.25) is 9.59 Å². The molecule has 2 aliphatic heterocycles. The van der Waals surface area contributed by atoms with Crippen molar-refractivity contribution in [2.45, 2.75) is 50.6 Å². The first-order valence-corrected chi connectivity index (χ1v) is 13.4. The molecular weight excluding hydrogens is 450 g/mol. The maximum Gasteiger partial charge on any atom is 0.312 e. The predicted octanol–water partition coefficient (Wildman–Crippen LogP) is 2.91. The van der Waals surface area contributed by atoms with Gasteiger partial charge in [0, 0.05) is 38.8 Å². The number of piperazine rings is 1. The molecule has 2 saturated heterocycles. The average Bonchev–Trinajstić information content (AvgIpc) is 2.83. The van der Waals surface area contributed by atoms with Crippen molar-refractivity contribution in [3.63, 3.8) is 0 Å². The lowest BCUT2D eigenvalue weighted by atomic mass is 10.0. The SMILES string of the molecule is CC(C)Cc1ccc(S(=O)(=O)N2CCC(N3CCN(Cc4ccccc4)C(=O)C3=O)CC2)cc1. The van der Waals surface area contributed by atoms with Gasteiger partial charge in [0.15, 0.2) is 0 Å². The Morgan fingerprint density at radius 3 is 2.09 bits per heavy atom. The smallest absolute Gasteiger partial charge is 0.312 e. The van der Waals surface area contributed by atoms with Crippen molar-refractivity contribution in [1.29, 1.82) is 0 Å². The summed E-state index contributed by atoms with van der Waals surface area (Å²) in [5, 5.41) is 0. The van der Waals surface area contributed by atoms with Crippen LogP contribution in [0.25, 0.3) is 0 Å². The Bertz CT molecular complexity index is 1110. The molecule has 2 aromatic rings. The Morgan fingerprint density at radius 1 is 0.824 bits per heavy atom. The van der Waals surface area contributed by atoms with Crippen molar-refractivity contribution < 1.29 is 18.0 Å². The summed E-state index contributed by atoms with van der Waals surface area (Å²) in [6, 6.07) is 16.7. The average molecular weight is 484 g/mol. The number of benzene rings is 2. The molecule has 2 aromatic carbocycles. The summed E-state index contributed by atoms with van der Waals surface area (Å²) in [5.41, 5.74) is 2.12. The minimum absolute atomic E-state index is 0.116. The summed E-state index contributed by atoms with van der Waals surface area (Å²) in [4.78, 5) is 29.1. The zero-order chi connectivity index (χ0) is 24.3. The molecular formula is C26H33N3O4S. The molecule has 2 amide bonds. The molecule has 7 nitrogen and oxygen atoms in total. The van der Waals surface area contributed by atoms with Gasteiger partial charge in [-0.15, -0.1) is 0 Å². The molecule has 0 spiro atoms. The van der Waals surface area contributed by atoms with Crippen molar-refractivity contribution in [3.05, 3.63) is 65.7 Å². The monoisotopic (exact) mass is 483 g/mol. The third-order valence-corrected chi connectivity index (χ3v) is 8.54. The number of hydrogen-bond donors (Lipinski definition) is 0. The van der Waals surface area contributed by atoms with E-state index in [-0.39, 0.29) is 6.04 Å². The highest BCUT2D eigenvalue weighted by atomic mass is 32.2. The maximum atomic E-state index is 13.1. The van der Waals surface area contributed by atoms with E-state index in [2.05, 4.69) is 13.8 Å². The third-order valence-electron chi connectivity index (χ3n) is 6.63. The van der Waals surface area contributed by atoms with Gasteiger partial charge in [-0.1, -0.05) is 56.3 Å². The summed E-state index contributed by atoms with van der Waals surface area (Å²) < 4.78 is 27.7. The standard InChI is InChI=1S/C26H33N3O4S/c1-20(2)18-21-8-10-24(11-9-21)34(32,33)28-14-12-23(13-15-28)29-17-16-27(25(30)26(29)31)19-22-6-4-3-5-7-22/h3-11,20,23H,12-19H2,1-2H3. The van der Waals surface area contributed by atoms with Crippen LogP contribution in [-0.2, 0) is 32.6 Å². The Kier molecular flexibility index (Phi) is 7.38. The lowest BCUT2D eigenvalue weighted by Crippen LogP contribution is -2.58. The fraction of sp³-hybridized carbons (Fsp3) is 0.462.